The standard InChI is InChI=1S/C35H53N3O4S/c1-9-10-11-12-13-16-22-38(33(40)30(21-23-43-8)37-34(41)42-35(5,6)7)31(28-20-19-25(2)27(4)24-28)32(39)36-29-18-15-14-17-26(29)3/h14-15,17-20,24,30-31H,9-13,16,21-23H2,1-8H3,(H,36,39)(H,37,41). The number of hydrogen-bond acceptors (Lipinski definition) is 5. The van der Waals surface area contributed by atoms with Crippen LogP contribution in [0.2, 0.25) is 0 Å². The minimum absolute atomic E-state index is 0.280. The number of hydrogen-bond donors (Lipinski definition) is 2. The van der Waals surface area contributed by atoms with Crippen LogP contribution in [0.15, 0.2) is 42.5 Å². The lowest BCUT2D eigenvalue weighted by Gasteiger charge is -2.35. The van der Waals surface area contributed by atoms with Crippen molar-refractivity contribution >= 4 is 35.4 Å². The molecule has 2 aromatic carbocycles. The van der Waals surface area contributed by atoms with E-state index < -0.39 is 23.8 Å². The van der Waals surface area contributed by atoms with Crippen molar-refractivity contribution < 1.29 is 19.1 Å². The lowest BCUT2D eigenvalue weighted by Crippen LogP contribution is -2.52. The third kappa shape index (κ3) is 12.3. The van der Waals surface area contributed by atoms with Crippen molar-refractivity contribution in [3.05, 3.63) is 64.7 Å². The van der Waals surface area contributed by atoms with Crippen molar-refractivity contribution in [2.24, 2.45) is 0 Å². The molecule has 7 nitrogen and oxygen atoms in total. The summed E-state index contributed by atoms with van der Waals surface area (Å²) >= 11 is 1.60. The van der Waals surface area contributed by atoms with Gasteiger partial charge in [0.15, 0.2) is 0 Å². The summed E-state index contributed by atoms with van der Waals surface area (Å²) in [6, 6.07) is 11.9. The number of nitrogens with one attached hydrogen (secondary N) is 2. The van der Waals surface area contributed by atoms with Crippen molar-refractivity contribution in [3.8, 4) is 0 Å². The van der Waals surface area contributed by atoms with Gasteiger partial charge in [-0.15, -0.1) is 0 Å². The van der Waals surface area contributed by atoms with Crippen LogP contribution in [-0.2, 0) is 14.3 Å². The fourth-order valence-corrected chi connectivity index (χ4v) is 5.37. The summed E-state index contributed by atoms with van der Waals surface area (Å²) in [6.07, 6.45) is 8.03. The van der Waals surface area contributed by atoms with Gasteiger partial charge >= 0.3 is 6.09 Å². The molecule has 2 atom stereocenters. The summed E-state index contributed by atoms with van der Waals surface area (Å²) < 4.78 is 5.52. The average Bonchev–Trinajstić information content (AvgIpc) is 2.93. The van der Waals surface area contributed by atoms with Gasteiger partial charge in [-0.3, -0.25) is 9.59 Å². The molecule has 2 N–H and O–H groups in total. The molecule has 0 saturated carbocycles. The number of alkyl carbamates (subject to hydrolysis) is 1. The van der Waals surface area contributed by atoms with Gasteiger partial charge in [0, 0.05) is 12.2 Å². The van der Waals surface area contributed by atoms with E-state index in [0.717, 1.165) is 54.4 Å². The third-order valence-corrected chi connectivity index (χ3v) is 8.09. The van der Waals surface area contributed by atoms with Crippen LogP contribution in [0.4, 0.5) is 10.5 Å². The normalized spacial score (nSPS) is 12.7. The number of para-hydroxylation sites is 1. The second-order valence-corrected chi connectivity index (χ2v) is 13.3. The van der Waals surface area contributed by atoms with Gasteiger partial charge in [0.05, 0.1) is 0 Å². The molecule has 238 valence electrons. The van der Waals surface area contributed by atoms with E-state index in [1.54, 1.807) is 37.4 Å². The molecule has 43 heavy (non-hydrogen) atoms. The van der Waals surface area contributed by atoms with Crippen molar-refractivity contribution in [1.29, 1.82) is 0 Å². The van der Waals surface area contributed by atoms with E-state index in [1.165, 1.54) is 6.42 Å². The Balaban J connectivity index is 2.54. The second-order valence-electron chi connectivity index (χ2n) is 12.3. The van der Waals surface area contributed by atoms with E-state index in [4.69, 9.17) is 4.74 Å². The van der Waals surface area contributed by atoms with Crippen molar-refractivity contribution in [2.75, 3.05) is 23.9 Å². The Morgan fingerprint density at radius 3 is 2.21 bits per heavy atom. The molecule has 0 spiro atoms. The minimum atomic E-state index is -0.876. The maximum Gasteiger partial charge on any atom is 0.408 e. The number of ether oxygens (including phenoxy) is 1. The van der Waals surface area contributed by atoms with Crippen LogP contribution < -0.4 is 10.6 Å². The molecule has 2 unspecified atom stereocenters. The van der Waals surface area contributed by atoms with E-state index in [9.17, 15) is 14.4 Å². The molecule has 0 saturated heterocycles. The number of unbranched alkanes of at least 4 members (excludes halogenated alkanes) is 5. The van der Waals surface area contributed by atoms with Gasteiger partial charge in [0.1, 0.15) is 17.7 Å². The van der Waals surface area contributed by atoms with E-state index in [-0.39, 0.29) is 11.8 Å². The smallest absolute Gasteiger partial charge is 0.408 e. The van der Waals surface area contributed by atoms with Crippen LogP contribution in [0.1, 0.15) is 101 Å². The van der Waals surface area contributed by atoms with Crippen LogP contribution >= 0.6 is 11.8 Å². The zero-order valence-electron chi connectivity index (χ0n) is 27.5. The SMILES string of the molecule is CCCCCCCCN(C(=O)C(CCSC)NC(=O)OC(C)(C)C)C(C(=O)Nc1ccccc1C)c1ccc(C)c(C)c1. The Morgan fingerprint density at radius 1 is 0.907 bits per heavy atom. The van der Waals surface area contributed by atoms with Gasteiger partial charge in [-0.1, -0.05) is 75.4 Å². The summed E-state index contributed by atoms with van der Waals surface area (Å²) in [6.45, 7) is 14.0. The first-order valence-corrected chi connectivity index (χ1v) is 17.0. The first kappa shape index (κ1) is 36.2. The van der Waals surface area contributed by atoms with Gasteiger partial charge < -0.3 is 20.3 Å². The lowest BCUT2D eigenvalue weighted by atomic mass is 9.97. The summed E-state index contributed by atoms with van der Waals surface area (Å²) in [5.41, 5.74) is 3.84. The maximum absolute atomic E-state index is 14.5. The highest BCUT2D eigenvalue weighted by Crippen LogP contribution is 2.28. The number of rotatable bonds is 16. The summed E-state index contributed by atoms with van der Waals surface area (Å²) in [4.78, 5) is 43.2. The van der Waals surface area contributed by atoms with E-state index in [1.807, 2.05) is 69.5 Å². The molecule has 3 amide bonds. The number of amides is 3. The molecule has 0 radical (unpaired) electrons. The molecule has 0 aliphatic heterocycles. The van der Waals surface area contributed by atoms with Gasteiger partial charge in [0.2, 0.25) is 5.91 Å². The number of carbonyl (C=O) groups excluding carboxylic acids is 3. The summed E-state index contributed by atoms with van der Waals surface area (Å²) in [7, 11) is 0. The zero-order valence-corrected chi connectivity index (χ0v) is 28.4. The fourth-order valence-electron chi connectivity index (χ4n) is 4.89. The number of thioether (sulfide) groups is 1. The summed E-state index contributed by atoms with van der Waals surface area (Å²) in [5, 5.41) is 5.94. The number of aryl methyl sites for hydroxylation is 3. The Bertz CT molecular complexity index is 1190. The van der Waals surface area contributed by atoms with Crippen LogP contribution in [0.25, 0.3) is 0 Å². The van der Waals surface area contributed by atoms with E-state index >= 15 is 0 Å². The van der Waals surface area contributed by atoms with E-state index in [0.29, 0.717) is 24.4 Å². The molecule has 0 aliphatic rings. The molecule has 0 aliphatic carbocycles. The van der Waals surface area contributed by atoms with Crippen molar-refractivity contribution in [3.63, 3.8) is 0 Å². The largest absolute Gasteiger partial charge is 0.444 e. The topological polar surface area (TPSA) is 87.7 Å². The van der Waals surface area contributed by atoms with Gasteiger partial charge in [-0.2, -0.15) is 11.8 Å². The highest BCUT2D eigenvalue weighted by atomic mass is 32.2. The Labute approximate surface area is 263 Å². The summed E-state index contributed by atoms with van der Waals surface area (Å²) in [5.74, 6) is 0.107. The van der Waals surface area contributed by atoms with Gasteiger partial charge in [-0.05, 0) is 94.7 Å². The first-order chi connectivity index (χ1) is 20.4. The molecule has 0 fully saturated rings. The molecular weight excluding hydrogens is 558 g/mol. The third-order valence-electron chi connectivity index (χ3n) is 7.45. The van der Waals surface area contributed by atoms with Crippen LogP contribution in [0.5, 0.6) is 0 Å². The Hall–Kier alpha value is -3.00. The number of carbonyl (C=O) groups is 3. The Morgan fingerprint density at radius 2 is 1.58 bits per heavy atom. The minimum Gasteiger partial charge on any atom is -0.444 e. The molecule has 2 aromatic rings. The maximum atomic E-state index is 14.5. The molecule has 0 aromatic heterocycles. The predicted octanol–water partition coefficient (Wildman–Crippen LogP) is 8.13. The molecule has 2 rings (SSSR count). The van der Waals surface area contributed by atoms with Crippen molar-refractivity contribution in [2.45, 2.75) is 111 Å². The zero-order chi connectivity index (χ0) is 32.0. The Kier molecular flexibility index (Phi) is 15.1. The van der Waals surface area contributed by atoms with Crippen molar-refractivity contribution in [1.82, 2.24) is 10.2 Å². The number of anilines is 1. The highest BCUT2D eigenvalue weighted by molar-refractivity contribution is 7.98. The van der Waals surface area contributed by atoms with Gasteiger partial charge in [0.25, 0.3) is 5.91 Å². The van der Waals surface area contributed by atoms with Crippen LogP contribution in [0, 0.1) is 20.8 Å². The lowest BCUT2D eigenvalue weighted by molar-refractivity contribution is -0.141. The van der Waals surface area contributed by atoms with Crippen LogP contribution in [-0.4, -0.2) is 53.0 Å². The monoisotopic (exact) mass is 611 g/mol. The van der Waals surface area contributed by atoms with E-state index in [2.05, 4.69) is 17.6 Å². The first-order valence-electron chi connectivity index (χ1n) is 15.6. The number of benzene rings is 2. The average molecular weight is 612 g/mol. The quantitative estimate of drug-likeness (QED) is 0.187. The highest BCUT2D eigenvalue weighted by Gasteiger charge is 2.36. The number of nitrogens with zero attached hydrogens (tertiary/aromatic N) is 1. The second kappa shape index (κ2) is 18.0. The van der Waals surface area contributed by atoms with Gasteiger partial charge in [-0.25, -0.2) is 4.79 Å². The molecule has 0 bridgehead atoms. The predicted molar refractivity (Wildman–Crippen MR) is 180 cm³/mol. The molecular formula is C35H53N3O4S. The van der Waals surface area contributed by atoms with Crippen LogP contribution in [0.3, 0.4) is 0 Å². The fraction of sp³-hybridized carbons (Fsp3) is 0.571. The molecule has 0 heterocycles. The molecule has 8 heteroatoms.